The molecular weight excluding hydrogens is 1230 g/mol. The summed E-state index contributed by atoms with van der Waals surface area (Å²) in [5, 5.41) is 0. The molecule has 1 heterocycles. The molecule has 0 fully saturated rings. The molecule has 0 N–H and O–H groups in total. The van der Waals surface area contributed by atoms with E-state index >= 15 is 0 Å². The van der Waals surface area contributed by atoms with Crippen LogP contribution >= 0.6 is 0 Å². The number of anilines is 2. The minimum Gasteiger partial charge on any atom is -0.392 e. The second kappa shape index (κ2) is 35.9. The van der Waals surface area contributed by atoms with Gasteiger partial charge in [0.2, 0.25) is 0 Å². The Kier molecular flexibility index (Phi) is 68.8. The summed E-state index contributed by atoms with van der Waals surface area (Å²) in [5.41, 5.74) is 4.72. The van der Waals surface area contributed by atoms with Crippen LogP contribution in [0.5, 0.6) is 0 Å². The van der Waals surface area contributed by atoms with Crippen molar-refractivity contribution in [3.8, 4) is 0 Å². The van der Waals surface area contributed by atoms with E-state index in [1.165, 1.54) is 11.3 Å². The van der Waals surface area contributed by atoms with E-state index in [4.69, 9.17) is 1.37 Å². The molecule has 0 saturated heterocycles. The van der Waals surface area contributed by atoms with Crippen molar-refractivity contribution in [1.29, 1.82) is 0 Å². The number of benzene rings is 2. The fourth-order valence-corrected chi connectivity index (χ4v) is 3.12. The van der Waals surface area contributed by atoms with Crippen LogP contribution in [0, 0.1) is 12.5 Å². The summed E-state index contributed by atoms with van der Waals surface area (Å²) in [5.74, 6) is 0.794. The maximum absolute atomic E-state index is 8.20. The number of para-hydroxylation sites is 1. The van der Waals surface area contributed by atoms with E-state index in [-0.39, 0.29) is 360 Å². The van der Waals surface area contributed by atoms with Crippen molar-refractivity contribution in [1.82, 2.24) is 0 Å². The van der Waals surface area contributed by atoms with Gasteiger partial charge in [0.25, 0.3) is 0 Å². The van der Waals surface area contributed by atoms with Crippen LogP contribution in [0.25, 0.3) is 0 Å². The smallest absolute Gasteiger partial charge is 0.0626 e. The Morgan fingerprint density at radius 2 is 1.41 bits per heavy atom. The molecule has 0 saturated carbocycles. The number of hydrogen-bond donors (Lipinski definition) is 0. The summed E-state index contributed by atoms with van der Waals surface area (Å²) in [6, 6.07) is 16.9. The first-order chi connectivity index (χ1) is 10.5. The summed E-state index contributed by atoms with van der Waals surface area (Å²) in [7, 11) is 0. The predicted molar refractivity (Wildman–Crippen MR) is 90.1 cm³/mol. The Balaban J connectivity index is -0.0000000748. The van der Waals surface area contributed by atoms with Gasteiger partial charge in [0.1, 0.15) is 0 Å². The zero-order valence-corrected chi connectivity index (χ0v) is 50.8. The van der Waals surface area contributed by atoms with Crippen molar-refractivity contribution >= 4 is 11.4 Å². The molecule has 1 nitrogen and oxygen atoms in total. The van der Waals surface area contributed by atoms with Gasteiger partial charge < -0.3 is 11.3 Å². The van der Waals surface area contributed by atoms with E-state index in [9.17, 15) is 0 Å². The molecule has 143 valence electrons. The molecule has 1 aliphatic rings. The van der Waals surface area contributed by atoms with Crippen LogP contribution in [0.2, 0.25) is 0 Å². The fraction of sp³-hybridized carbons (Fsp3) is 0.350. The maximum Gasteiger partial charge on any atom is 0.0626 e. The van der Waals surface area contributed by atoms with E-state index in [0.29, 0.717) is 23.9 Å². The van der Waals surface area contributed by atoms with Gasteiger partial charge in [-0.3, -0.25) is 0 Å². The molecule has 32 heavy (non-hydrogen) atoms. The summed E-state index contributed by atoms with van der Waals surface area (Å²) in [6.07, 6.45) is 2.19. The average Bonchev–Trinajstić information content (AvgIpc) is 2.79. The van der Waals surface area contributed by atoms with Crippen molar-refractivity contribution in [2.75, 3.05) is 4.90 Å². The van der Waals surface area contributed by atoms with Gasteiger partial charge in [-0.2, -0.15) is 36.6 Å². The zero-order valence-electron chi connectivity index (χ0n) is 20.6. The van der Waals surface area contributed by atoms with Gasteiger partial charge >= 0.3 is 0 Å². The standard InChI is InChI=1S/C20H23N.11Y/c1-5-14(2)17-10-12-18(13-11-17)21-16(4)15(3)19-8-6-7-9-20(19)21;;;;;;;;;;;/h5-10,12-16H,1-4H3;;;;;;;;;;;/q-2;;;;;;;;;;;/t14-,15-,16+;;;;;;;;;;;/m1.........../s1/i8T;;;;;;;;;;;. The largest absolute Gasteiger partial charge is 0.392 e. The number of hydrogen-bond acceptors (Lipinski definition) is 1. The first-order valence-corrected chi connectivity index (χ1v) is 7.74. The van der Waals surface area contributed by atoms with Crippen LogP contribution < -0.4 is 4.90 Å². The van der Waals surface area contributed by atoms with Crippen molar-refractivity contribution in [3.63, 3.8) is 0 Å². The van der Waals surface area contributed by atoms with Gasteiger partial charge in [-0.15, -0.1) is 6.07 Å². The minimum atomic E-state index is 0. The van der Waals surface area contributed by atoms with Gasteiger partial charge in [-0.25, -0.2) is 0 Å². The van der Waals surface area contributed by atoms with Crippen molar-refractivity contribution in [2.45, 2.75) is 45.6 Å². The predicted octanol–water partition coefficient (Wildman–Crippen LogP) is 5.43. The van der Waals surface area contributed by atoms with Gasteiger partial charge in [0, 0.05) is 377 Å². The SMILES string of the molecule is [3H]c1cccc2c1[C@H](C)[C@H](C)N2c1c[c-]c([C@H](C)[CH-]C)cc1.[Y].[Y].[Y].[Y].[Y].[Y].[Y].[Y].[Y].[Y].[Y]. The molecule has 1 aliphatic heterocycles. The topological polar surface area (TPSA) is 3.24 Å². The van der Waals surface area contributed by atoms with Gasteiger partial charge in [0.15, 0.2) is 0 Å². The second-order valence-electron chi connectivity index (χ2n) is 5.99. The molecule has 0 aliphatic carbocycles. The Bertz CT molecular complexity index is 692. The molecule has 12 heteroatoms. The summed E-state index contributed by atoms with van der Waals surface area (Å²) in [4.78, 5) is 2.35. The third-order valence-corrected chi connectivity index (χ3v) is 4.80. The minimum absolute atomic E-state index is 0. The van der Waals surface area contributed by atoms with Crippen molar-refractivity contribution in [3.05, 3.63) is 66.1 Å². The Hall–Kier alpha value is 10.4. The molecule has 3 rings (SSSR count). The molecule has 3 atom stereocenters. The number of fused-ring (bicyclic) bond motifs is 1. The third kappa shape index (κ3) is 19.0. The Morgan fingerprint density at radius 3 is 1.84 bits per heavy atom. The summed E-state index contributed by atoms with van der Waals surface area (Å²) < 4.78 is 8.20. The van der Waals surface area contributed by atoms with Crippen LogP contribution in [0.3, 0.4) is 0 Å². The average molecular weight is 1260 g/mol. The molecule has 0 spiro atoms. The first-order valence-electron chi connectivity index (χ1n) is 8.24. The Morgan fingerprint density at radius 1 is 0.875 bits per heavy atom. The van der Waals surface area contributed by atoms with Gasteiger partial charge in [-0.05, 0) is 18.6 Å². The van der Waals surface area contributed by atoms with Gasteiger partial charge in [-0.1, -0.05) is 37.7 Å². The van der Waals surface area contributed by atoms with E-state index < -0.39 is 0 Å². The van der Waals surface area contributed by atoms with Gasteiger partial charge in [0.05, 0.1) is 1.37 Å². The Labute approximate surface area is 475 Å². The summed E-state index contributed by atoms with van der Waals surface area (Å²) >= 11 is 0. The van der Waals surface area contributed by atoms with E-state index in [1.807, 2.05) is 12.1 Å². The van der Waals surface area contributed by atoms with Crippen LogP contribution in [0.4, 0.5) is 11.4 Å². The van der Waals surface area contributed by atoms with Crippen LogP contribution in [0.1, 0.15) is 52.0 Å². The number of rotatable bonds is 3. The van der Waals surface area contributed by atoms with Crippen molar-refractivity contribution in [2.24, 2.45) is 0 Å². The molecule has 2 aromatic carbocycles. The molecule has 0 unspecified atom stereocenters. The number of nitrogens with zero attached hydrogens (tertiary/aromatic N) is 1. The molecule has 0 aromatic heterocycles. The monoisotopic (exact) mass is 1260 g/mol. The second-order valence-corrected chi connectivity index (χ2v) is 5.99. The normalized spacial score (nSPS) is 15.0. The quantitative estimate of drug-likeness (QED) is 0.372. The van der Waals surface area contributed by atoms with Crippen LogP contribution in [-0.4, -0.2) is 6.04 Å². The maximum atomic E-state index is 8.20. The molecule has 2 aromatic rings. The molecule has 0 bridgehead atoms. The summed E-state index contributed by atoms with van der Waals surface area (Å²) in [6.45, 7) is 8.73. The molecule has 11 radical (unpaired) electrons. The molecular formula is C20H23NY11-2. The fourth-order valence-electron chi connectivity index (χ4n) is 3.12. The van der Waals surface area contributed by atoms with E-state index in [0.717, 1.165) is 11.3 Å². The van der Waals surface area contributed by atoms with Crippen LogP contribution in [0.15, 0.2) is 42.4 Å². The molecule has 0 amide bonds. The first kappa shape index (κ1) is 61.4. The third-order valence-electron chi connectivity index (χ3n) is 4.80. The van der Waals surface area contributed by atoms with Crippen molar-refractivity contribution < 1.29 is 361 Å². The van der Waals surface area contributed by atoms with E-state index in [2.05, 4.69) is 69.3 Å². The van der Waals surface area contributed by atoms with E-state index in [1.54, 1.807) is 0 Å². The van der Waals surface area contributed by atoms with Crippen LogP contribution in [-0.2, 0) is 360 Å². The zero-order chi connectivity index (χ0) is 15.9.